The summed E-state index contributed by atoms with van der Waals surface area (Å²) in [7, 11) is 2.19. The van der Waals surface area contributed by atoms with Crippen molar-refractivity contribution in [2.45, 2.75) is 25.8 Å². The molecule has 0 aliphatic carbocycles. The first kappa shape index (κ1) is 10.3. The molecule has 0 amide bonds. The Morgan fingerprint density at radius 2 is 2.44 bits per heavy atom. The molecule has 16 heavy (non-hydrogen) atoms. The van der Waals surface area contributed by atoms with Crippen molar-refractivity contribution >= 4 is 0 Å². The molecule has 0 radical (unpaired) electrons. The van der Waals surface area contributed by atoms with Crippen LogP contribution in [-0.2, 0) is 19.4 Å². The van der Waals surface area contributed by atoms with Crippen LogP contribution in [0.3, 0.4) is 0 Å². The Hall–Kier alpha value is -0.870. The van der Waals surface area contributed by atoms with Crippen LogP contribution in [0.15, 0.2) is 0 Å². The molecule has 1 fully saturated rings. The summed E-state index contributed by atoms with van der Waals surface area (Å²) in [6.45, 7) is 4.57. The Labute approximate surface area is 96.4 Å². The average Bonchev–Trinajstić information content (AvgIpc) is 2.90. The SMILES string of the molecule is CN1CCc2[nH]nc(CC3CCNC3)c2C1. The van der Waals surface area contributed by atoms with Gasteiger partial charge in [0.15, 0.2) is 0 Å². The Bertz CT molecular complexity index is 365. The molecule has 0 saturated carbocycles. The summed E-state index contributed by atoms with van der Waals surface area (Å²) >= 11 is 0. The van der Waals surface area contributed by atoms with E-state index in [-0.39, 0.29) is 0 Å². The third-order valence-electron chi connectivity index (χ3n) is 3.85. The number of hydrogen-bond donors (Lipinski definition) is 2. The number of aromatic nitrogens is 2. The van der Waals surface area contributed by atoms with Crippen LogP contribution >= 0.6 is 0 Å². The molecule has 2 aliphatic heterocycles. The van der Waals surface area contributed by atoms with Crippen LogP contribution in [0.1, 0.15) is 23.4 Å². The lowest BCUT2D eigenvalue weighted by atomic mass is 9.97. The van der Waals surface area contributed by atoms with E-state index < -0.39 is 0 Å². The van der Waals surface area contributed by atoms with E-state index in [1.165, 1.54) is 29.9 Å². The number of nitrogens with zero attached hydrogens (tertiary/aromatic N) is 2. The van der Waals surface area contributed by atoms with Gasteiger partial charge in [-0.05, 0) is 38.9 Å². The summed E-state index contributed by atoms with van der Waals surface area (Å²) in [4.78, 5) is 2.38. The molecule has 1 aromatic heterocycles. The summed E-state index contributed by atoms with van der Waals surface area (Å²) < 4.78 is 0. The molecule has 0 bridgehead atoms. The van der Waals surface area contributed by atoms with E-state index in [2.05, 4.69) is 27.5 Å². The zero-order chi connectivity index (χ0) is 11.0. The molecule has 2 N–H and O–H groups in total. The average molecular weight is 220 g/mol. The number of H-pyrrole nitrogens is 1. The quantitative estimate of drug-likeness (QED) is 0.765. The highest BCUT2D eigenvalue weighted by Gasteiger charge is 2.23. The Balaban J connectivity index is 1.77. The summed E-state index contributed by atoms with van der Waals surface area (Å²) in [6, 6.07) is 0. The summed E-state index contributed by atoms with van der Waals surface area (Å²) in [5, 5.41) is 11.2. The zero-order valence-corrected chi connectivity index (χ0v) is 9.92. The molecular weight excluding hydrogens is 200 g/mol. The van der Waals surface area contributed by atoms with Gasteiger partial charge in [-0.1, -0.05) is 0 Å². The molecule has 1 aromatic rings. The van der Waals surface area contributed by atoms with Crippen molar-refractivity contribution in [3.05, 3.63) is 17.0 Å². The van der Waals surface area contributed by atoms with Crippen molar-refractivity contribution in [3.63, 3.8) is 0 Å². The van der Waals surface area contributed by atoms with Gasteiger partial charge in [-0.15, -0.1) is 0 Å². The van der Waals surface area contributed by atoms with E-state index in [4.69, 9.17) is 0 Å². The van der Waals surface area contributed by atoms with Crippen molar-refractivity contribution in [2.24, 2.45) is 5.92 Å². The van der Waals surface area contributed by atoms with E-state index in [0.717, 1.165) is 38.4 Å². The predicted molar refractivity (Wildman–Crippen MR) is 63.3 cm³/mol. The van der Waals surface area contributed by atoms with Gasteiger partial charge in [-0.2, -0.15) is 5.10 Å². The first-order chi connectivity index (χ1) is 7.83. The van der Waals surface area contributed by atoms with Crippen molar-refractivity contribution in [2.75, 3.05) is 26.7 Å². The molecule has 0 spiro atoms. The number of hydrogen-bond acceptors (Lipinski definition) is 3. The summed E-state index contributed by atoms with van der Waals surface area (Å²) in [5.74, 6) is 0.791. The molecule has 3 rings (SSSR count). The Morgan fingerprint density at radius 3 is 3.25 bits per heavy atom. The molecule has 4 nitrogen and oxygen atoms in total. The molecule has 4 heteroatoms. The lowest BCUT2D eigenvalue weighted by molar-refractivity contribution is 0.310. The van der Waals surface area contributed by atoms with E-state index in [9.17, 15) is 0 Å². The van der Waals surface area contributed by atoms with E-state index in [1.807, 2.05) is 0 Å². The first-order valence-electron chi connectivity index (χ1n) is 6.27. The van der Waals surface area contributed by atoms with Gasteiger partial charge in [-0.3, -0.25) is 5.10 Å². The molecule has 3 heterocycles. The van der Waals surface area contributed by atoms with Crippen molar-refractivity contribution in [3.8, 4) is 0 Å². The minimum atomic E-state index is 0.791. The fraction of sp³-hybridized carbons (Fsp3) is 0.750. The molecule has 1 unspecified atom stereocenters. The van der Waals surface area contributed by atoms with Crippen LogP contribution in [0.2, 0.25) is 0 Å². The number of nitrogens with one attached hydrogen (secondary N) is 2. The van der Waals surface area contributed by atoms with Crippen molar-refractivity contribution < 1.29 is 0 Å². The maximum atomic E-state index is 4.52. The summed E-state index contributed by atoms with van der Waals surface area (Å²) in [5.41, 5.74) is 4.16. The Morgan fingerprint density at radius 1 is 1.50 bits per heavy atom. The molecule has 88 valence electrons. The highest BCUT2D eigenvalue weighted by atomic mass is 15.2. The van der Waals surface area contributed by atoms with E-state index >= 15 is 0 Å². The van der Waals surface area contributed by atoms with Crippen molar-refractivity contribution in [1.82, 2.24) is 20.4 Å². The monoisotopic (exact) mass is 220 g/mol. The highest BCUT2D eigenvalue weighted by Crippen LogP contribution is 2.23. The van der Waals surface area contributed by atoms with E-state index in [1.54, 1.807) is 0 Å². The minimum Gasteiger partial charge on any atom is -0.316 e. The molecule has 0 aromatic carbocycles. The second-order valence-corrected chi connectivity index (χ2v) is 5.18. The van der Waals surface area contributed by atoms with Crippen LogP contribution in [0.5, 0.6) is 0 Å². The third-order valence-corrected chi connectivity index (χ3v) is 3.85. The van der Waals surface area contributed by atoms with Gasteiger partial charge in [0, 0.05) is 30.8 Å². The molecule has 2 aliphatic rings. The van der Waals surface area contributed by atoms with Crippen LogP contribution in [0.25, 0.3) is 0 Å². The van der Waals surface area contributed by atoms with Crippen LogP contribution in [0, 0.1) is 5.92 Å². The maximum absolute atomic E-state index is 4.52. The lowest BCUT2D eigenvalue weighted by Gasteiger charge is -2.22. The second kappa shape index (κ2) is 4.18. The van der Waals surface area contributed by atoms with Crippen LogP contribution < -0.4 is 5.32 Å². The number of likely N-dealkylation sites (N-methyl/N-ethyl adjacent to an activating group) is 1. The fourth-order valence-corrected chi connectivity index (χ4v) is 2.82. The molecule has 1 atom stereocenters. The fourth-order valence-electron chi connectivity index (χ4n) is 2.82. The van der Waals surface area contributed by atoms with E-state index in [0.29, 0.717) is 0 Å². The smallest absolute Gasteiger partial charge is 0.0673 e. The topological polar surface area (TPSA) is 44.0 Å². The normalized spacial score (nSPS) is 25.9. The second-order valence-electron chi connectivity index (χ2n) is 5.18. The largest absolute Gasteiger partial charge is 0.316 e. The van der Waals surface area contributed by atoms with Gasteiger partial charge < -0.3 is 10.2 Å². The third kappa shape index (κ3) is 1.87. The van der Waals surface area contributed by atoms with Gasteiger partial charge >= 0.3 is 0 Å². The molecule has 1 saturated heterocycles. The van der Waals surface area contributed by atoms with Gasteiger partial charge in [0.05, 0.1) is 5.69 Å². The van der Waals surface area contributed by atoms with Gasteiger partial charge in [0.25, 0.3) is 0 Å². The van der Waals surface area contributed by atoms with Gasteiger partial charge in [-0.25, -0.2) is 0 Å². The van der Waals surface area contributed by atoms with Crippen LogP contribution in [-0.4, -0.2) is 41.8 Å². The number of aromatic amines is 1. The van der Waals surface area contributed by atoms with Gasteiger partial charge in [0.1, 0.15) is 0 Å². The van der Waals surface area contributed by atoms with Crippen LogP contribution in [0.4, 0.5) is 0 Å². The summed E-state index contributed by atoms with van der Waals surface area (Å²) in [6.07, 6.45) is 3.58. The predicted octanol–water partition coefficient (Wildman–Crippen LogP) is 0.550. The minimum absolute atomic E-state index is 0.791. The van der Waals surface area contributed by atoms with Gasteiger partial charge in [0.2, 0.25) is 0 Å². The molecular formula is C12H20N4. The highest BCUT2D eigenvalue weighted by molar-refractivity contribution is 5.28. The maximum Gasteiger partial charge on any atom is 0.0673 e. The number of fused-ring (bicyclic) bond motifs is 1. The zero-order valence-electron chi connectivity index (χ0n) is 9.92. The lowest BCUT2D eigenvalue weighted by Crippen LogP contribution is -2.26. The number of rotatable bonds is 2. The standard InChI is InChI=1S/C12H20N4/c1-16-5-3-11-10(8-16)12(15-14-11)6-9-2-4-13-7-9/h9,13H,2-8H2,1H3,(H,14,15). The van der Waals surface area contributed by atoms with Crippen molar-refractivity contribution in [1.29, 1.82) is 0 Å². The Kier molecular flexibility index (Phi) is 2.69. The first-order valence-corrected chi connectivity index (χ1v) is 6.27.